The van der Waals surface area contributed by atoms with Crippen LogP contribution in [0.4, 0.5) is 5.69 Å². The van der Waals surface area contributed by atoms with E-state index in [-0.39, 0.29) is 0 Å². The number of aryl methyl sites for hydroxylation is 2. The SMILES string of the molecule is Cc1noc(C)c1-c1cc(N)c2ncn(Cc3cccc(C(C)C)n3)c2c1. The molecule has 0 bridgehead atoms. The summed E-state index contributed by atoms with van der Waals surface area (Å²) in [4.78, 5) is 9.28. The van der Waals surface area contributed by atoms with Crippen LogP contribution in [0.5, 0.6) is 0 Å². The van der Waals surface area contributed by atoms with E-state index >= 15 is 0 Å². The van der Waals surface area contributed by atoms with Gasteiger partial charge in [-0.1, -0.05) is 25.1 Å². The van der Waals surface area contributed by atoms with Gasteiger partial charge < -0.3 is 14.8 Å². The van der Waals surface area contributed by atoms with Crippen molar-refractivity contribution in [1.82, 2.24) is 19.7 Å². The van der Waals surface area contributed by atoms with Crippen LogP contribution in [-0.2, 0) is 6.54 Å². The van der Waals surface area contributed by atoms with Crippen LogP contribution in [0.2, 0.25) is 0 Å². The second-order valence-corrected chi connectivity index (χ2v) is 7.21. The first-order chi connectivity index (χ1) is 12.9. The van der Waals surface area contributed by atoms with Crippen molar-refractivity contribution in [1.29, 1.82) is 0 Å². The standard InChI is InChI=1S/C21H23N5O/c1-12(2)18-7-5-6-16(24-18)10-26-11-23-21-17(22)8-15(9-19(21)26)20-13(3)25-27-14(20)4/h5-9,11-12H,10,22H2,1-4H3. The summed E-state index contributed by atoms with van der Waals surface area (Å²) in [6, 6.07) is 10.2. The average Bonchev–Trinajstić information content (AvgIpc) is 3.19. The zero-order chi connectivity index (χ0) is 19.1. The Morgan fingerprint density at radius 1 is 1.19 bits per heavy atom. The summed E-state index contributed by atoms with van der Waals surface area (Å²) in [7, 11) is 0. The van der Waals surface area contributed by atoms with Gasteiger partial charge in [-0.3, -0.25) is 4.98 Å². The number of fused-ring (bicyclic) bond motifs is 1. The number of anilines is 1. The first kappa shape index (κ1) is 17.3. The summed E-state index contributed by atoms with van der Waals surface area (Å²) in [5.74, 6) is 1.18. The van der Waals surface area contributed by atoms with Crippen LogP contribution in [0.25, 0.3) is 22.2 Å². The molecule has 0 saturated heterocycles. The molecule has 1 aromatic carbocycles. The Bertz CT molecular complexity index is 1100. The van der Waals surface area contributed by atoms with Gasteiger partial charge in [0.1, 0.15) is 11.3 Å². The fourth-order valence-corrected chi connectivity index (χ4v) is 3.44. The topological polar surface area (TPSA) is 82.8 Å². The maximum absolute atomic E-state index is 6.29. The van der Waals surface area contributed by atoms with E-state index in [0.717, 1.165) is 45.0 Å². The van der Waals surface area contributed by atoms with E-state index in [1.54, 1.807) is 0 Å². The molecule has 0 atom stereocenters. The van der Waals surface area contributed by atoms with Crippen LogP contribution in [0.3, 0.4) is 0 Å². The van der Waals surface area contributed by atoms with Gasteiger partial charge in [0, 0.05) is 11.3 Å². The number of benzene rings is 1. The second kappa shape index (κ2) is 6.54. The predicted octanol–water partition coefficient (Wildman–Crippen LogP) is 4.46. The lowest BCUT2D eigenvalue weighted by molar-refractivity contribution is 0.393. The van der Waals surface area contributed by atoms with E-state index < -0.39 is 0 Å². The third-order valence-corrected chi connectivity index (χ3v) is 4.83. The van der Waals surface area contributed by atoms with Crippen LogP contribution >= 0.6 is 0 Å². The van der Waals surface area contributed by atoms with Crippen molar-refractivity contribution in [2.24, 2.45) is 0 Å². The minimum absolute atomic E-state index is 0.395. The Morgan fingerprint density at radius 3 is 2.70 bits per heavy atom. The van der Waals surface area contributed by atoms with Crippen molar-refractivity contribution in [3.8, 4) is 11.1 Å². The highest BCUT2D eigenvalue weighted by atomic mass is 16.5. The van der Waals surface area contributed by atoms with Crippen molar-refractivity contribution in [3.63, 3.8) is 0 Å². The number of aromatic nitrogens is 4. The number of imidazole rings is 1. The molecule has 2 N–H and O–H groups in total. The molecular weight excluding hydrogens is 338 g/mol. The molecule has 0 fully saturated rings. The lowest BCUT2D eigenvalue weighted by Crippen LogP contribution is -2.03. The summed E-state index contributed by atoms with van der Waals surface area (Å²) < 4.78 is 7.40. The van der Waals surface area contributed by atoms with Crippen LogP contribution < -0.4 is 5.73 Å². The molecule has 4 aromatic rings. The minimum atomic E-state index is 0.395. The van der Waals surface area contributed by atoms with E-state index in [2.05, 4.69) is 46.8 Å². The molecule has 0 aliphatic rings. The van der Waals surface area contributed by atoms with Crippen molar-refractivity contribution in [2.75, 3.05) is 5.73 Å². The summed E-state index contributed by atoms with van der Waals surface area (Å²) >= 11 is 0. The van der Waals surface area contributed by atoms with Crippen LogP contribution in [0.15, 0.2) is 41.2 Å². The molecule has 4 rings (SSSR count). The summed E-state index contributed by atoms with van der Waals surface area (Å²) in [6.07, 6.45) is 1.82. The maximum Gasteiger partial charge on any atom is 0.141 e. The first-order valence-corrected chi connectivity index (χ1v) is 9.07. The van der Waals surface area contributed by atoms with Gasteiger partial charge >= 0.3 is 0 Å². The second-order valence-electron chi connectivity index (χ2n) is 7.21. The molecule has 0 radical (unpaired) electrons. The van der Waals surface area contributed by atoms with Gasteiger partial charge in [0.25, 0.3) is 0 Å². The largest absolute Gasteiger partial charge is 0.397 e. The Balaban J connectivity index is 1.80. The van der Waals surface area contributed by atoms with Gasteiger partial charge in [-0.05, 0) is 49.6 Å². The highest BCUT2D eigenvalue weighted by molar-refractivity contribution is 5.92. The number of rotatable bonds is 4. The molecular formula is C21H23N5O. The summed E-state index contributed by atoms with van der Waals surface area (Å²) in [5, 5.41) is 4.06. The zero-order valence-corrected chi connectivity index (χ0v) is 16.0. The molecule has 3 aromatic heterocycles. The van der Waals surface area contributed by atoms with Crippen molar-refractivity contribution in [3.05, 3.63) is 59.5 Å². The summed E-state index contributed by atoms with van der Waals surface area (Å²) in [5.41, 5.74) is 13.6. The lowest BCUT2D eigenvalue weighted by atomic mass is 10.0. The quantitative estimate of drug-likeness (QED) is 0.543. The number of nitrogens with two attached hydrogens (primary N) is 1. The van der Waals surface area contributed by atoms with Gasteiger partial charge in [-0.15, -0.1) is 0 Å². The Morgan fingerprint density at radius 2 is 2.00 bits per heavy atom. The number of hydrogen-bond acceptors (Lipinski definition) is 5. The van der Waals surface area contributed by atoms with Gasteiger partial charge in [-0.2, -0.15) is 0 Å². The molecule has 138 valence electrons. The molecule has 0 aliphatic heterocycles. The van der Waals surface area contributed by atoms with Gasteiger partial charge in [0.05, 0.1) is 35.5 Å². The molecule has 0 saturated carbocycles. The molecule has 6 heteroatoms. The molecule has 3 heterocycles. The van der Waals surface area contributed by atoms with E-state index in [9.17, 15) is 0 Å². The van der Waals surface area contributed by atoms with E-state index in [1.165, 1.54) is 0 Å². The van der Waals surface area contributed by atoms with Gasteiger partial charge in [0.15, 0.2) is 0 Å². The zero-order valence-electron chi connectivity index (χ0n) is 16.0. The summed E-state index contributed by atoms with van der Waals surface area (Å²) in [6.45, 7) is 8.78. The molecule has 0 unspecified atom stereocenters. The minimum Gasteiger partial charge on any atom is -0.397 e. The average molecular weight is 361 g/mol. The van der Waals surface area contributed by atoms with E-state index in [4.69, 9.17) is 15.2 Å². The Labute approximate surface area is 158 Å². The highest BCUT2D eigenvalue weighted by Crippen LogP contribution is 2.32. The van der Waals surface area contributed by atoms with Crippen molar-refractivity contribution >= 4 is 16.7 Å². The lowest BCUT2D eigenvalue weighted by Gasteiger charge is -2.10. The van der Waals surface area contributed by atoms with Crippen molar-refractivity contribution < 1.29 is 4.52 Å². The number of nitrogens with zero attached hydrogens (tertiary/aromatic N) is 4. The monoisotopic (exact) mass is 361 g/mol. The molecule has 6 nitrogen and oxygen atoms in total. The highest BCUT2D eigenvalue weighted by Gasteiger charge is 2.16. The fourth-order valence-electron chi connectivity index (χ4n) is 3.44. The molecule has 0 amide bonds. The number of hydrogen-bond donors (Lipinski definition) is 1. The molecule has 0 spiro atoms. The fraction of sp³-hybridized carbons (Fsp3) is 0.286. The number of pyridine rings is 1. The van der Waals surface area contributed by atoms with Crippen molar-refractivity contribution in [2.45, 2.75) is 40.2 Å². The third-order valence-electron chi connectivity index (χ3n) is 4.83. The third kappa shape index (κ3) is 3.07. The van der Waals surface area contributed by atoms with E-state index in [0.29, 0.717) is 18.2 Å². The van der Waals surface area contributed by atoms with Gasteiger partial charge in [0.2, 0.25) is 0 Å². The van der Waals surface area contributed by atoms with Crippen LogP contribution in [-0.4, -0.2) is 19.7 Å². The number of nitrogen functional groups attached to an aromatic ring is 1. The van der Waals surface area contributed by atoms with Crippen LogP contribution in [0, 0.1) is 13.8 Å². The predicted molar refractivity (Wildman–Crippen MR) is 107 cm³/mol. The normalized spacial score (nSPS) is 11.6. The molecule has 27 heavy (non-hydrogen) atoms. The van der Waals surface area contributed by atoms with Crippen LogP contribution in [0.1, 0.15) is 42.6 Å². The van der Waals surface area contributed by atoms with E-state index in [1.807, 2.05) is 32.3 Å². The molecule has 0 aliphatic carbocycles. The first-order valence-electron chi connectivity index (χ1n) is 9.07. The Kier molecular flexibility index (Phi) is 4.18. The Hall–Kier alpha value is -3.15. The smallest absolute Gasteiger partial charge is 0.141 e. The van der Waals surface area contributed by atoms with Gasteiger partial charge in [-0.25, -0.2) is 4.98 Å². The maximum atomic E-state index is 6.29.